The van der Waals surface area contributed by atoms with Gasteiger partial charge in [-0.3, -0.25) is 33.7 Å². The third-order valence-corrected chi connectivity index (χ3v) is 7.16. The lowest BCUT2D eigenvalue weighted by atomic mass is 10.0. The van der Waals surface area contributed by atoms with E-state index >= 15 is 0 Å². The first kappa shape index (κ1) is 34.3. The molecule has 0 spiro atoms. The van der Waals surface area contributed by atoms with Crippen LogP contribution in [0.4, 0.5) is 0 Å². The molecule has 2 heterocycles. The van der Waals surface area contributed by atoms with Crippen LogP contribution in [0.15, 0.2) is 24.3 Å². The minimum atomic E-state index is -1.42. The molecule has 0 radical (unpaired) electrons. The summed E-state index contributed by atoms with van der Waals surface area (Å²) >= 11 is 0. The number of amides is 6. The Morgan fingerprint density at radius 1 is 1.02 bits per heavy atom. The standard InChI is InChI=1S/C29H43N7O8/c1-18(2)25-29(42)32-9-13-44-22-7-4-3-6-19(22)26(39)34-21(17-24(38)33-20(16-23(30)37)28(41)35-25)27(40)31-8-5-10-36-11-14-43-15-12-36/h3-4,6-7,18,20-21,25H,5,8-17H2,1-2H3,(H2,30,37)(H,31,40)(H,32,42)(H,33,38)(H,34,39)(H,35,41)/t20-,21-,25+/m0/s1. The Labute approximate surface area is 256 Å². The first-order valence-corrected chi connectivity index (χ1v) is 14.8. The summed E-state index contributed by atoms with van der Waals surface area (Å²) in [6, 6.07) is 2.65. The van der Waals surface area contributed by atoms with Crippen LogP contribution < -0.4 is 37.1 Å². The second-order valence-electron chi connectivity index (χ2n) is 11.0. The molecule has 3 atom stereocenters. The van der Waals surface area contributed by atoms with E-state index in [2.05, 4.69) is 31.5 Å². The normalized spacial score (nSPS) is 22.8. The number of nitrogens with zero attached hydrogens (tertiary/aromatic N) is 1. The van der Waals surface area contributed by atoms with Crippen LogP contribution in [0.5, 0.6) is 5.75 Å². The van der Waals surface area contributed by atoms with Gasteiger partial charge in [0.05, 0.1) is 38.2 Å². The van der Waals surface area contributed by atoms with E-state index in [9.17, 15) is 28.8 Å². The molecule has 1 saturated heterocycles. The van der Waals surface area contributed by atoms with Crippen LogP contribution in [0, 0.1) is 5.92 Å². The maximum Gasteiger partial charge on any atom is 0.255 e. The molecule has 0 bridgehead atoms. The van der Waals surface area contributed by atoms with E-state index in [0.717, 1.165) is 19.6 Å². The first-order chi connectivity index (χ1) is 21.0. The maximum absolute atomic E-state index is 13.3. The van der Waals surface area contributed by atoms with Crippen LogP contribution in [0.1, 0.15) is 43.5 Å². The smallest absolute Gasteiger partial charge is 0.255 e. The van der Waals surface area contributed by atoms with Gasteiger partial charge in [0.1, 0.15) is 30.5 Å². The van der Waals surface area contributed by atoms with E-state index in [0.29, 0.717) is 26.2 Å². The van der Waals surface area contributed by atoms with Crippen molar-refractivity contribution in [3.63, 3.8) is 0 Å². The Bertz CT molecular complexity index is 1190. The minimum Gasteiger partial charge on any atom is -0.491 e. The van der Waals surface area contributed by atoms with Crippen LogP contribution in [-0.4, -0.2) is 111 Å². The average molecular weight is 618 g/mol. The molecule has 15 nitrogen and oxygen atoms in total. The topological polar surface area (TPSA) is 210 Å². The Balaban J connectivity index is 1.82. The lowest BCUT2D eigenvalue weighted by Crippen LogP contribution is -2.57. The van der Waals surface area contributed by atoms with E-state index in [1.807, 2.05) is 0 Å². The average Bonchev–Trinajstić information content (AvgIpc) is 2.99. The van der Waals surface area contributed by atoms with Gasteiger partial charge in [-0.1, -0.05) is 26.0 Å². The van der Waals surface area contributed by atoms with Gasteiger partial charge in [0.25, 0.3) is 5.91 Å². The van der Waals surface area contributed by atoms with Gasteiger partial charge in [-0.25, -0.2) is 0 Å². The highest BCUT2D eigenvalue weighted by atomic mass is 16.5. The van der Waals surface area contributed by atoms with Crippen molar-refractivity contribution in [2.45, 2.75) is 51.2 Å². The number of fused-ring (bicyclic) bond motifs is 1. The third kappa shape index (κ3) is 10.8. The van der Waals surface area contributed by atoms with E-state index in [4.69, 9.17) is 15.2 Å². The SMILES string of the molecule is CC(C)[C@H]1NC(=O)[C@H](CC(N)=O)NC(=O)C[C@@H](C(=O)NCCCN2CCOCC2)NC(=O)c2ccccc2OCCNC1=O. The molecular weight excluding hydrogens is 574 g/mol. The zero-order valence-electron chi connectivity index (χ0n) is 25.2. The van der Waals surface area contributed by atoms with Gasteiger partial charge in [-0.2, -0.15) is 0 Å². The number of nitrogens with one attached hydrogen (secondary N) is 5. The number of hydrogen-bond donors (Lipinski definition) is 6. The van der Waals surface area contributed by atoms with E-state index < -0.39 is 66.4 Å². The number of carbonyl (C=O) groups excluding carboxylic acids is 6. The van der Waals surface area contributed by atoms with Crippen LogP contribution in [0.2, 0.25) is 0 Å². The number of benzene rings is 1. The van der Waals surface area contributed by atoms with E-state index in [1.165, 1.54) is 6.07 Å². The number of morpholine rings is 1. The second kappa shape index (κ2) is 17.2. The Morgan fingerprint density at radius 3 is 2.45 bits per heavy atom. The predicted molar refractivity (Wildman–Crippen MR) is 158 cm³/mol. The van der Waals surface area contributed by atoms with E-state index in [1.54, 1.807) is 32.0 Å². The largest absolute Gasteiger partial charge is 0.491 e. The number of carbonyl (C=O) groups is 6. The van der Waals surface area contributed by atoms with Gasteiger partial charge >= 0.3 is 0 Å². The van der Waals surface area contributed by atoms with Crippen molar-refractivity contribution in [3.8, 4) is 5.75 Å². The fourth-order valence-electron chi connectivity index (χ4n) is 4.77. The summed E-state index contributed by atoms with van der Waals surface area (Å²) in [6.07, 6.45) is -0.448. The monoisotopic (exact) mass is 617 g/mol. The Hall–Kier alpha value is -4.24. The summed E-state index contributed by atoms with van der Waals surface area (Å²) in [5, 5.41) is 13.1. The Morgan fingerprint density at radius 2 is 1.75 bits per heavy atom. The number of hydrogen-bond acceptors (Lipinski definition) is 9. The van der Waals surface area contributed by atoms with Crippen molar-refractivity contribution >= 4 is 35.4 Å². The first-order valence-electron chi connectivity index (χ1n) is 14.8. The molecule has 0 aliphatic carbocycles. The minimum absolute atomic E-state index is 0.00615. The van der Waals surface area contributed by atoms with E-state index in [-0.39, 0.29) is 30.4 Å². The highest BCUT2D eigenvalue weighted by Crippen LogP contribution is 2.18. The summed E-state index contributed by atoms with van der Waals surface area (Å²) in [4.78, 5) is 79.7. The molecule has 44 heavy (non-hydrogen) atoms. The van der Waals surface area contributed by atoms with Crippen LogP contribution >= 0.6 is 0 Å². The highest BCUT2D eigenvalue weighted by Gasteiger charge is 2.32. The molecule has 7 N–H and O–H groups in total. The van der Waals surface area contributed by atoms with Gasteiger partial charge in [0.15, 0.2) is 0 Å². The molecule has 0 aromatic heterocycles. The summed E-state index contributed by atoms with van der Waals surface area (Å²) in [5.41, 5.74) is 5.46. The van der Waals surface area contributed by atoms with Crippen LogP contribution in [0.25, 0.3) is 0 Å². The van der Waals surface area contributed by atoms with Crippen LogP contribution in [-0.2, 0) is 28.7 Å². The summed E-state index contributed by atoms with van der Waals surface area (Å²) in [6.45, 7) is 7.47. The van der Waals surface area contributed by atoms with Crippen molar-refractivity contribution in [1.29, 1.82) is 0 Å². The molecule has 3 rings (SSSR count). The summed E-state index contributed by atoms with van der Waals surface area (Å²) in [5.74, 6) is -4.34. The Kier molecular flexibility index (Phi) is 13.4. The third-order valence-electron chi connectivity index (χ3n) is 7.16. The lowest BCUT2D eigenvalue weighted by molar-refractivity contribution is -0.134. The molecule has 6 amide bonds. The zero-order chi connectivity index (χ0) is 32.1. The maximum atomic E-state index is 13.3. The van der Waals surface area contributed by atoms with Crippen molar-refractivity contribution < 1.29 is 38.2 Å². The van der Waals surface area contributed by atoms with Crippen molar-refractivity contribution in [2.24, 2.45) is 11.7 Å². The molecule has 1 aromatic carbocycles. The molecule has 1 aromatic rings. The van der Waals surface area contributed by atoms with Crippen molar-refractivity contribution in [3.05, 3.63) is 29.8 Å². The fourth-order valence-corrected chi connectivity index (χ4v) is 4.77. The number of rotatable bonds is 8. The molecular formula is C29H43N7O8. The van der Waals surface area contributed by atoms with Gasteiger partial charge in [-0.15, -0.1) is 0 Å². The number of primary amides is 1. The molecule has 0 unspecified atom stereocenters. The van der Waals surface area contributed by atoms with Gasteiger partial charge in [0.2, 0.25) is 29.5 Å². The summed E-state index contributed by atoms with van der Waals surface area (Å²) < 4.78 is 11.1. The highest BCUT2D eigenvalue weighted by molar-refractivity contribution is 6.01. The van der Waals surface area contributed by atoms with Gasteiger partial charge < -0.3 is 41.8 Å². The number of para-hydroxylation sites is 1. The van der Waals surface area contributed by atoms with Gasteiger partial charge in [-0.05, 0) is 31.0 Å². The molecule has 2 aliphatic rings. The molecule has 2 aliphatic heterocycles. The quantitative estimate of drug-likeness (QED) is 0.178. The van der Waals surface area contributed by atoms with Gasteiger partial charge in [0, 0.05) is 19.6 Å². The number of nitrogens with two attached hydrogens (primary N) is 1. The molecule has 1 fully saturated rings. The molecule has 0 saturated carbocycles. The second-order valence-corrected chi connectivity index (χ2v) is 11.0. The zero-order valence-corrected chi connectivity index (χ0v) is 25.2. The molecule has 15 heteroatoms. The van der Waals surface area contributed by atoms with Crippen molar-refractivity contribution in [2.75, 3.05) is 52.5 Å². The summed E-state index contributed by atoms with van der Waals surface area (Å²) in [7, 11) is 0. The molecule has 242 valence electrons. The predicted octanol–water partition coefficient (Wildman–Crippen LogP) is -1.98. The van der Waals surface area contributed by atoms with Crippen LogP contribution in [0.3, 0.4) is 0 Å². The number of ether oxygens (including phenoxy) is 2. The van der Waals surface area contributed by atoms with Crippen molar-refractivity contribution in [1.82, 2.24) is 31.5 Å². The fraction of sp³-hybridized carbons (Fsp3) is 0.586. The lowest BCUT2D eigenvalue weighted by Gasteiger charge is -2.26.